The molecule has 0 aliphatic carbocycles. The van der Waals surface area contributed by atoms with Gasteiger partial charge in [-0.25, -0.2) is 0 Å². The maximum Gasteiger partial charge on any atom is 0.220 e. The molecule has 0 fully saturated rings. The third-order valence-corrected chi connectivity index (χ3v) is 5.43. The molecule has 4 heteroatoms. The van der Waals surface area contributed by atoms with E-state index in [1.807, 2.05) is 6.08 Å². The number of amides is 1. The SMILES string of the molecule is CCCC/C=C\CCCCCCCC(=O)NC(CO)C(O)/C=C/CCCCCCC. The fourth-order valence-corrected chi connectivity index (χ4v) is 3.39. The number of aliphatic hydroxyl groups is 2. The van der Waals surface area contributed by atoms with E-state index in [1.165, 1.54) is 57.8 Å². The van der Waals surface area contributed by atoms with Gasteiger partial charge in [-0.3, -0.25) is 4.79 Å². The summed E-state index contributed by atoms with van der Waals surface area (Å²) in [4.78, 5) is 12.1. The van der Waals surface area contributed by atoms with Gasteiger partial charge in [-0.2, -0.15) is 0 Å². The van der Waals surface area contributed by atoms with Gasteiger partial charge >= 0.3 is 0 Å². The van der Waals surface area contributed by atoms with Gasteiger partial charge in [0.05, 0.1) is 18.8 Å². The van der Waals surface area contributed by atoms with Crippen LogP contribution in [0.5, 0.6) is 0 Å². The summed E-state index contributed by atoms with van der Waals surface area (Å²) in [6.07, 6.45) is 25.3. The highest BCUT2D eigenvalue weighted by Gasteiger charge is 2.17. The van der Waals surface area contributed by atoms with Crippen LogP contribution in [0.15, 0.2) is 24.3 Å². The van der Waals surface area contributed by atoms with Crippen LogP contribution in [0.1, 0.15) is 117 Å². The topological polar surface area (TPSA) is 69.6 Å². The van der Waals surface area contributed by atoms with E-state index in [1.54, 1.807) is 6.08 Å². The second kappa shape index (κ2) is 22.6. The van der Waals surface area contributed by atoms with Gasteiger partial charge in [-0.1, -0.05) is 95.9 Å². The molecule has 0 aromatic heterocycles. The molecular weight excluding hydrogens is 374 g/mol. The highest BCUT2D eigenvalue weighted by molar-refractivity contribution is 5.76. The molecule has 0 aromatic carbocycles. The largest absolute Gasteiger partial charge is 0.394 e. The summed E-state index contributed by atoms with van der Waals surface area (Å²) < 4.78 is 0. The first kappa shape index (κ1) is 28.9. The number of hydrogen-bond donors (Lipinski definition) is 3. The van der Waals surface area contributed by atoms with E-state index in [0.717, 1.165) is 38.5 Å². The van der Waals surface area contributed by atoms with Crippen LogP contribution in [-0.4, -0.2) is 34.9 Å². The van der Waals surface area contributed by atoms with Crippen molar-refractivity contribution in [2.24, 2.45) is 0 Å². The van der Waals surface area contributed by atoms with Gasteiger partial charge in [-0.15, -0.1) is 0 Å². The van der Waals surface area contributed by atoms with E-state index in [-0.39, 0.29) is 12.5 Å². The Bertz CT molecular complexity index is 434. The van der Waals surface area contributed by atoms with Gasteiger partial charge in [0.25, 0.3) is 0 Å². The first-order chi connectivity index (χ1) is 14.7. The molecule has 0 saturated carbocycles. The second-order valence-corrected chi connectivity index (χ2v) is 8.40. The zero-order valence-electron chi connectivity index (χ0n) is 19.8. The van der Waals surface area contributed by atoms with Gasteiger partial charge < -0.3 is 15.5 Å². The van der Waals surface area contributed by atoms with Crippen molar-refractivity contribution in [3.05, 3.63) is 24.3 Å². The average Bonchev–Trinajstić information content (AvgIpc) is 2.75. The number of hydrogen-bond acceptors (Lipinski definition) is 3. The Morgan fingerprint density at radius 2 is 1.30 bits per heavy atom. The molecule has 0 heterocycles. The Labute approximate surface area is 186 Å². The predicted octanol–water partition coefficient (Wildman–Crippen LogP) is 6.22. The third-order valence-electron chi connectivity index (χ3n) is 5.43. The van der Waals surface area contributed by atoms with Crippen LogP contribution in [0.2, 0.25) is 0 Å². The van der Waals surface area contributed by atoms with Gasteiger partial charge in [0.15, 0.2) is 0 Å². The number of carbonyl (C=O) groups excluding carboxylic acids is 1. The number of allylic oxidation sites excluding steroid dienone is 3. The molecule has 30 heavy (non-hydrogen) atoms. The van der Waals surface area contributed by atoms with Crippen LogP contribution in [0.4, 0.5) is 0 Å². The lowest BCUT2D eigenvalue weighted by Crippen LogP contribution is -2.45. The number of rotatable bonds is 21. The van der Waals surface area contributed by atoms with Crippen molar-refractivity contribution < 1.29 is 15.0 Å². The maximum atomic E-state index is 12.1. The molecule has 0 rings (SSSR count). The van der Waals surface area contributed by atoms with E-state index in [2.05, 4.69) is 31.3 Å². The number of aliphatic hydroxyl groups excluding tert-OH is 2. The summed E-state index contributed by atoms with van der Waals surface area (Å²) in [5.41, 5.74) is 0. The smallest absolute Gasteiger partial charge is 0.220 e. The summed E-state index contributed by atoms with van der Waals surface area (Å²) in [7, 11) is 0. The van der Waals surface area contributed by atoms with Crippen molar-refractivity contribution in [1.29, 1.82) is 0 Å². The zero-order chi connectivity index (χ0) is 22.3. The van der Waals surface area contributed by atoms with Crippen molar-refractivity contribution >= 4 is 5.91 Å². The molecule has 0 spiro atoms. The summed E-state index contributed by atoms with van der Waals surface area (Å²) >= 11 is 0. The molecule has 3 N–H and O–H groups in total. The molecule has 176 valence electrons. The predicted molar refractivity (Wildman–Crippen MR) is 129 cm³/mol. The highest BCUT2D eigenvalue weighted by Crippen LogP contribution is 2.09. The quantitative estimate of drug-likeness (QED) is 0.152. The van der Waals surface area contributed by atoms with Gasteiger partial charge in [0.1, 0.15) is 0 Å². The Morgan fingerprint density at radius 3 is 1.93 bits per heavy atom. The van der Waals surface area contributed by atoms with E-state index in [4.69, 9.17) is 0 Å². The normalized spacial score (nSPS) is 13.9. The first-order valence-electron chi connectivity index (χ1n) is 12.6. The summed E-state index contributed by atoms with van der Waals surface area (Å²) in [6, 6.07) is -0.617. The molecule has 0 aliphatic rings. The molecule has 0 aliphatic heterocycles. The van der Waals surface area contributed by atoms with Gasteiger partial charge in [-0.05, 0) is 38.5 Å². The highest BCUT2D eigenvalue weighted by atomic mass is 16.3. The van der Waals surface area contributed by atoms with Crippen molar-refractivity contribution in [1.82, 2.24) is 5.32 Å². The van der Waals surface area contributed by atoms with E-state index in [9.17, 15) is 15.0 Å². The number of nitrogens with one attached hydrogen (secondary N) is 1. The Balaban J connectivity index is 3.76. The molecule has 0 radical (unpaired) electrons. The summed E-state index contributed by atoms with van der Waals surface area (Å²) in [5, 5.41) is 22.5. The molecule has 1 amide bonds. The molecule has 2 atom stereocenters. The van der Waals surface area contributed by atoms with Crippen molar-refractivity contribution in [2.45, 2.75) is 129 Å². The van der Waals surface area contributed by atoms with Crippen LogP contribution in [-0.2, 0) is 4.79 Å². The number of carbonyl (C=O) groups is 1. The molecular formula is C26H49NO3. The van der Waals surface area contributed by atoms with Gasteiger partial charge in [0.2, 0.25) is 5.91 Å². The lowest BCUT2D eigenvalue weighted by molar-refractivity contribution is -0.123. The second-order valence-electron chi connectivity index (χ2n) is 8.40. The van der Waals surface area contributed by atoms with Crippen molar-refractivity contribution in [3.63, 3.8) is 0 Å². The molecule has 0 bridgehead atoms. The zero-order valence-corrected chi connectivity index (χ0v) is 19.8. The van der Waals surface area contributed by atoms with E-state index in [0.29, 0.717) is 6.42 Å². The minimum Gasteiger partial charge on any atom is -0.394 e. The summed E-state index contributed by atoms with van der Waals surface area (Å²) in [6.45, 7) is 4.17. The minimum atomic E-state index is -0.833. The molecule has 2 unspecified atom stereocenters. The molecule has 4 nitrogen and oxygen atoms in total. The molecule has 0 aromatic rings. The fourth-order valence-electron chi connectivity index (χ4n) is 3.39. The Morgan fingerprint density at radius 1 is 0.767 bits per heavy atom. The lowest BCUT2D eigenvalue weighted by atomic mass is 10.1. The maximum absolute atomic E-state index is 12.1. The van der Waals surface area contributed by atoms with Crippen LogP contribution >= 0.6 is 0 Å². The standard InChI is InChI=1S/C26H49NO3/c1-3-5-7-9-11-12-13-14-16-18-20-22-26(30)27-24(23-28)25(29)21-19-17-15-10-8-6-4-2/h9,11,19,21,24-25,28-29H,3-8,10,12-18,20,22-23H2,1-2H3,(H,27,30)/b11-9-,21-19+. The molecule has 0 saturated heterocycles. The number of unbranched alkanes of at least 4 members (excludes halogenated alkanes) is 12. The third kappa shape index (κ3) is 18.9. The Kier molecular flexibility index (Phi) is 21.7. The Hall–Kier alpha value is -1.13. The van der Waals surface area contributed by atoms with E-state index < -0.39 is 12.1 Å². The van der Waals surface area contributed by atoms with Crippen LogP contribution < -0.4 is 5.32 Å². The van der Waals surface area contributed by atoms with Gasteiger partial charge in [0, 0.05) is 6.42 Å². The van der Waals surface area contributed by atoms with Crippen LogP contribution in [0, 0.1) is 0 Å². The summed E-state index contributed by atoms with van der Waals surface area (Å²) in [5.74, 6) is -0.0834. The van der Waals surface area contributed by atoms with E-state index >= 15 is 0 Å². The van der Waals surface area contributed by atoms with Crippen molar-refractivity contribution in [2.75, 3.05) is 6.61 Å². The minimum absolute atomic E-state index is 0.0834. The lowest BCUT2D eigenvalue weighted by Gasteiger charge is -2.20. The van der Waals surface area contributed by atoms with Crippen LogP contribution in [0.3, 0.4) is 0 Å². The fraction of sp³-hybridized carbons (Fsp3) is 0.808. The van der Waals surface area contributed by atoms with Crippen LogP contribution in [0.25, 0.3) is 0 Å². The first-order valence-corrected chi connectivity index (χ1v) is 12.6. The average molecular weight is 424 g/mol. The monoisotopic (exact) mass is 423 g/mol. The van der Waals surface area contributed by atoms with Crippen molar-refractivity contribution in [3.8, 4) is 0 Å².